The average molecular weight is 299 g/mol. The molecule has 0 aliphatic rings. The van der Waals surface area contributed by atoms with Crippen LogP contribution >= 0.6 is 0 Å². The van der Waals surface area contributed by atoms with Crippen LogP contribution in [0.15, 0.2) is 53.9 Å². The Hall–Kier alpha value is -2.92. The Morgan fingerprint density at radius 1 is 1.10 bits per heavy atom. The maximum absolute atomic E-state index is 12.3. The molecule has 2 heterocycles. The number of hydrogen-bond acceptors (Lipinski definition) is 5. The molecule has 0 saturated heterocycles. The lowest BCUT2D eigenvalue weighted by atomic mass is 10.2. The topological polar surface area (TPSA) is 100 Å². The molecule has 0 aliphatic heterocycles. The van der Waals surface area contributed by atoms with Crippen LogP contribution in [0.4, 0.5) is 5.82 Å². The van der Waals surface area contributed by atoms with Gasteiger partial charge in [-0.3, -0.25) is 4.72 Å². The molecule has 0 atom stereocenters. The number of rotatable bonds is 3. The Labute approximate surface area is 120 Å². The smallest absolute Gasteiger partial charge is 0.263 e. The van der Waals surface area contributed by atoms with Crippen molar-refractivity contribution in [3.8, 4) is 6.07 Å². The summed E-state index contributed by atoms with van der Waals surface area (Å²) in [4.78, 5) is 8.10. The van der Waals surface area contributed by atoms with E-state index in [4.69, 9.17) is 5.26 Å². The molecule has 0 aliphatic carbocycles. The summed E-state index contributed by atoms with van der Waals surface area (Å²) in [6.07, 6.45) is 6.39. The molecule has 104 valence electrons. The van der Waals surface area contributed by atoms with Crippen LogP contribution < -0.4 is 4.72 Å². The van der Waals surface area contributed by atoms with E-state index in [1.807, 2.05) is 6.07 Å². The van der Waals surface area contributed by atoms with Crippen molar-refractivity contribution in [2.45, 2.75) is 4.90 Å². The van der Waals surface area contributed by atoms with Gasteiger partial charge in [0.2, 0.25) is 0 Å². The molecule has 7 nitrogen and oxygen atoms in total. The minimum Gasteiger partial charge on any atom is -0.302 e. The van der Waals surface area contributed by atoms with Crippen LogP contribution in [-0.2, 0) is 10.0 Å². The second kappa shape index (κ2) is 4.88. The fourth-order valence-corrected chi connectivity index (χ4v) is 2.83. The molecule has 1 aromatic carbocycles. The van der Waals surface area contributed by atoms with E-state index in [1.54, 1.807) is 23.0 Å². The van der Waals surface area contributed by atoms with E-state index >= 15 is 0 Å². The van der Waals surface area contributed by atoms with E-state index in [-0.39, 0.29) is 10.7 Å². The number of benzene rings is 1. The first kappa shape index (κ1) is 13.1. The highest BCUT2D eigenvalue weighted by atomic mass is 32.2. The molecular weight excluding hydrogens is 290 g/mol. The molecule has 0 saturated carbocycles. The van der Waals surface area contributed by atoms with Gasteiger partial charge in [0.1, 0.15) is 0 Å². The molecule has 8 heteroatoms. The summed E-state index contributed by atoms with van der Waals surface area (Å²) < 4.78 is 28.6. The maximum atomic E-state index is 12.3. The van der Waals surface area contributed by atoms with Gasteiger partial charge in [-0.15, -0.1) is 0 Å². The molecule has 0 bridgehead atoms. The van der Waals surface area contributed by atoms with Gasteiger partial charge in [0, 0.05) is 24.8 Å². The molecular formula is C13H9N5O2S. The van der Waals surface area contributed by atoms with Crippen LogP contribution in [0.2, 0.25) is 0 Å². The number of sulfonamides is 1. The summed E-state index contributed by atoms with van der Waals surface area (Å²) in [7, 11) is -3.78. The summed E-state index contributed by atoms with van der Waals surface area (Å²) >= 11 is 0. The van der Waals surface area contributed by atoms with Gasteiger partial charge in [-0.05, 0) is 24.3 Å². The highest BCUT2D eigenvalue weighted by molar-refractivity contribution is 7.92. The lowest BCUT2D eigenvalue weighted by Crippen LogP contribution is -2.14. The maximum Gasteiger partial charge on any atom is 0.263 e. The number of imidazole rings is 1. The van der Waals surface area contributed by atoms with Crippen LogP contribution in [0.3, 0.4) is 0 Å². The molecule has 3 aromatic rings. The van der Waals surface area contributed by atoms with Crippen molar-refractivity contribution in [2.24, 2.45) is 0 Å². The normalized spacial score (nSPS) is 11.2. The van der Waals surface area contributed by atoms with Crippen LogP contribution in [0.5, 0.6) is 0 Å². The van der Waals surface area contributed by atoms with Crippen molar-refractivity contribution in [3.63, 3.8) is 0 Å². The Morgan fingerprint density at radius 3 is 2.43 bits per heavy atom. The first-order chi connectivity index (χ1) is 10.1. The van der Waals surface area contributed by atoms with Crippen molar-refractivity contribution in [1.82, 2.24) is 14.4 Å². The van der Waals surface area contributed by atoms with Gasteiger partial charge >= 0.3 is 0 Å². The second-order valence-electron chi connectivity index (χ2n) is 4.18. The zero-order valence-electron chi connectivity index (χ0n) is 10.6. The Balaban J connectivity index is 1.99. The first-order valence-electron chi connectivity index (χ1n) is 5.91. The molecule has 0 fully saturated rings. The highest BCUT2D eigenvalue weighted by Gasteiger charge is 2.17. The standard InChI is InChI=1S/C13H9N5O2S/c14-9-10-1-3-11(4-2-10)21(19,20)17-12-13-16-6-8-18(13)7-5-15-12/h1-8H,(H,15,17). The van der Waals surface area contributed by atoms with Gasteiger partial charge in [0.25, 0.3) is 10.0 Å². The van der Waals surface area contributed by atoms with Crippen LogP contribution in [-0.4, -0.2) is 22.8 Å². The molecule has 0 unspecified atom stereocenters. The average Bonchev–Trinajstić information content (AvgIpc) is 2.97. The van der Waals surface area contributed by atoms with Crippen LogP contribution in [0, 0.1) is 11.3 Å². The zero-order valence-corrected chi connectivity index (χ0v) is 11.4. The minimum absolute atomic E-state index is 0.0526. The van der Waals surface area contributed by atoms with Crippen molar-refractivity contribution in [3.05, 3.63) is 54.6 Å². The van der Waals surface area contributed by atoms with Crippen molar-refractivity contribution >= 4 is 21.5 Å². The number of hydrogen-bond donors (Lipinski definition) is 1. The third-order valence-electron chi connectivity index (χ3n) is 2.84. The quantitative estimate of drug-likeness (QED) is 0.788. The van der Waals surface area contributed by atoms with Crippen LogP contribution in [0.1, 0.15) is 5.56 Å². The second-order valence-corrected chi connectivity index (χ2v) is 5.86. The van der Waals surface area contributed by atoms with E-state index < -0.39 is 10.0 Å². The van der Waals surface area contributed by atoms with Gasteiger partial charge in [-0.25, -0.2) is 18.4 Å². The molecule has 1 N–H and O–H groups in total. The molecule has 0 radical (unpaired) electrons. The molecule has 0 amide bonds. The third-order valence-corrected chi connectivity index (χ3v) is 4.19. The van der Waals surface area contributed by atoms with E-state index in [0.717, 1.165) is 0 Å². The molecule has 0 spiro atoms. The van der Waals surface area contributed by atoms with E-state index in [0.29, 0.717) is 11.2 Å². The Kier molecular flexibility index (Phi) is 3.04. The number of aromatic nitrogens is 3. The monoisotopic (exact) mass is 299 g/mol. The summed E-state index contributed by atoms with van der Waals surface area (Å²) in [6, 6.07) is 7.56. The number of nitrogens with one attached hydrogen (secondary N) is 1. The number of nitriles is 1. The van der Waals surface area contributed by atoms with Gasteiger partial charge in [0.05, 0.1) is 16.5 Å². The first-order valence-corrected chi connectivity index (χ1v) is 7.39. The Bertz CT molecular complexity index is 939. The summed E-state index contributed by atoms with van der Waals surface area (Å²) in [6.45, 7) is 0. The Morgan fingerprint density at radius 2 is 1.76 bits per heavy atom. The van der Waals surface area contributed by atoms with E-state index in [9.17, 15) is 8.42 Å². The van der Waals surface area contributed by atoms with Crippen LogP contribution in [0.25, 0.3) is 5.65 Å². The van der Waals surface area contributed by atoms with Gasteiger partial charge in [-0.1, -0.05) is 0 Å². The van der Waals surface area contributed by atoms with E-state index in [2.05, 4.69) is 14.7 Å². The summed E-state index contributed by atoms with van der Waals surface area (Å²) in [5, 5.41) is 8.73. The lowest BCUT2D eigenvalue weighted by Gasteiger charge is -2.08. The van der Waals surface area contributed by atoms with Crippen molar-refractivity contribution in [2.75, 3.05) is 4.72 Å². The van der Waals surface area contributed by atoms with Crippen molar-refractivity contribution < 1.29 is 8.42 Å². The number of nitrogens with zero attached hydrogens (tertiary/aromatic N) is 4. The fraction of sp³-hybridized carbons (Fsp3) is 0. The highest BCUT2D eigenvalue weighted by Crippen LogP contribution is 2.17. The predicted octanol–water partition coefficient (Wildman–Crippen LogP) is 1.40. The molecule has 21 heavy (non-hydrogen) atoms. The van der Waals surface area contributed by atoms with Gasteiger partial charge in [-0.2, -0.15) is 5.26 Å². The zero-order chi connectivity index (χ0) is 14.9. The number of anilines is 1. The predicted molar refractivity (Wildman–Crippen MR) is 75.0 cm³/mol. The van der Waals surface area contributed by atoms with Crippen molar-refractivity contribution in [1.29, 1.82) is 5.26 Å². The number of fused-ring (bicyclic) bond motifs is 1. The largest absolute Gasteiger partial charge is 0.302 e. The fourth-order valence-electron chi connectivity index (χ4n) is 1.82. The summed E-state index contributed by atoms with van der Waals surface area (Å²) in [5.74, 6) is 0.145. The molecule has 2 aromatic heterocycles. The van der Waals surface area contributed by atoms with E-state index in [1.165, 1.54) is 30.5 Å². The third kappa shape index (κ3) is 2.42. The van der Waals surface area contributed by atoms with Gasteiger partial charge < -0.3 is 4.40 Å². The minimum atomic E-state index is -3.78. The summed E-state index contributed by atoms with van der Waals surface area (Å²) in [5.41, 5.74) is 0.803. The SMILES string of the molecule is N#Cc1ccc(S(=O)(=O)Nc2nccn3ccnc23)cc1. The lowest BCUT2D eigenvalue weighted by molar-refractivity contribution is 0.601. The van der Waals surface area contributed by atoms with Gasteiger partial charge in [0.15, 0.2) is 11.5 Å². The molecule has 3 rings (SSSR count).